The van der Waals surface area contributed by atoms with Crippen molar-refractivity contribution in [2.75, 3.05) is 27.9 Å². The van der Waals surface area contributed by atoms with Gasteiger partial charge in [-0.2, -0.15) is 0 Å². The monoisotopic (exact) mass is 494 g/mol. The summed E-state index contributed by atoms with van der Waals surface area (Å²) in [4.78, 5) is 31.7. The van der Waals surface area contributed by atoms with E-state index in [9.17, 15) is 9.59 Å². The molecule has 9 heteroatoms. The molecule has 1 unspecified atom stereocenters. The van der Waals surface area contributed by atoms with Gasteiger partial charge in [0.1, 0.15) is 0 Å². The second-order valence-corrected chi connectivity index (χ2v) is 8.68. The summed E-state index contributed by atoms with van der Waals surface area (Å²) in [5.74, 6) is 0.941. The van der Waals surface area contributed by atoms with Crippen molar-refractivity contribution < 1.29 is 23.7 Å². The summed E-state index contributed by atoms with van der Waals surface area (Å²) in [6.45, 7) is 3.74. The summed E-state index contributed by atoms with van der Waals surface area (Å²) < 4.78 is 23.6. The van der Waals surface area contributed by atoms with E-state index in [1.165, 1.54) is 32.7 Å². The van der Waals surface area contributed by atoms with Crippen LogP contribution in [0.2, 0.25) is 0 Å². The molecule has 3 aromatic rings. The first-order chi connectivity index (χ1) is 16.9. The zero-order chi connectivity index (χ0) is 25.1. The number of carbonyl (C=O) groups excluding carboxylic acids is 1. The third-order valence-electron chi connectivity index (χ3n) is 5.62. The summed E-state index contributed by atoms with van der Waals surface area (Å²) in [5, 5.41) is 0. The lowest BCUT2D eigenvalue weighted by Crippen LogP contribution is -2.39. The number of fused-ring (bicyclic) bond motifs is 1. The highest BCUT2D eigenvalue weighted by molar-refractivity contribution is 7.07. The number of methoxy groups -OCH3 is 3. The molecule has 0 spiro atoms. The number of hydrogen-bond donors (Lipinski definition) is 0. The fourth-order valence-corrected chi connectivity index (χ4v) is 5.12. The molecule has 35 heavy (non-hydrogen) atoms. The van der Waals surface area contributed by atoms with Crippen molar-refractivity contribution in [3.63, 3.8) is 0 Å². The van der Waals surface area contributed by atoms with Gasteiger partial charge >= 0.3 is 5.97 Å². The Morgan fingerprint density at radius 3 is 2.31 bits per heavy atom. The van der Waals surface area contributed by atoms with E-state index in [4.69, 9.17) is 18.9 Å². The van der Waals surface area contributed by atoms with Gasteiger partial charge in [0.05, 0.1) is 49.8 Å². The van der Waals surface area contributed by atoms with Gasteiger partial charge in [0, 0.05) is 0 Å². The molecule has 1 aliphatic heterocycles. The topological polar surface area (TPSA) is 88.4 Å². The summed E-state index contributed by atoms with van der Waals surface area (Å²) in [7, 11) is 4.61. The predicted molar refractivity (Wildman–Crippen MR) is 133 cm³/mol. The first kappa shape index (κ1) is 24.3. The molecule has 0 amide bonds. The van der Waals surface area contributed by atoms with Gasteiger partial charge in [-0.1, -0.05) is 41.7 Å². The molecule has 1 aliphatic rings. The Morgan fingerprint density at radius 2 is 1.74 bits per heavy atom. The third-order valence-corrected chi connectivity index (χ3v) is 6.60. The standard InChI is InChI=1S/C26H26N2O6S/c1-6-34-25(30)21-15(2)27-26-28(22(21)17-10-8-7-9-11-17)24(29)20(35-26)14-16-12-18(31-3)23(33-5)19(13-16)32-4/h7-14,22H,6H2,1-5H3/b20-14-. The van der Waals surface area contributed by atoms with Gasteiger partial charge in [-0.15, -0.1) is 0 Å². The lowest BCUT2D eigenvalue weighted by molar-refractivity contribution is -0.139. The molecule has 182 valence electrons. The Hall–Kier alpha value is -3.85. The summed E-state index contributed by atoms with van der Waals surface area (Å²) in [5.41, 5.74) is 2.11. The number of nitrogens with zero attached hydrogens (tertiary/aromatic N) is 2. The highest BCUT2D eigenvalue weighted by atomic mass is 32.1. The lowest BCUT2D eigenvalue weighted by atomic mass is 9.96. The summed E-state index contributed by atoms with van der Waals surface area (Å²) in [6.07, 6.45) is 1.75. The van der Waals surface area contributed by atoms with Crippen molar-refractivity contribution in [3.8, 4) is 17.2 Å². The SMILES string of the molecule is CCOC(=O)C1=C(C)N=c2s/c(=C\c3cc(OC)c(OC)c(OC)c3)c(=O)n2C1c1ccccc1. The van der Waals surface area contributed by atoms with Crippen LogP contribution in [0.25, 0.3) is 6.08 Å². The van der Waals surface area contributed by atoms with Gasteiger partial charge in [0.2, 0.25) is 5.75 Å². The van der Waals surface area contributed by atoms with Gasteiger partial charge in [0.25, 0.3) is 5.56 Å². The first-order valence-corrected chi connectivity index (χ1v) is 11.8. The Labute approximate surface area is 206 Å². The molecule has 2 heterocycles. The van der Waals surface area contributed by atoms with E-state index in [0.717, 1.165) is 5.56 Å². The number of esters is 1. The van der Waals surface area contributed by atoms with E-state index in [1.807, 2.05) is 30.3 Å². The zero-order valence-corrected chi connectivity index (χ0v) is 21.0. The van der Waals surface area contributed by atoms with Crippen LogP contribution in [0, 0.1) is 0 Å². The summed E-state index contributed by atoms with van der Waals surface area (Å²) in [6, 6.07) is 12.3. The van der Waals surface area contributed by atoms with Crippen LogP contribution in [0.15, 0.2) is 63.5 Å². The maximum Gasteiger partial charge on any atom is 0.338 e. The second kappa shape index (κ2) is 10.2. The Bertz CT molecular complexity index is 1440. The van der Waals surface area contributed by atoms with Gasteiger partial charge < -0.3 is 18.9 Å². The molecule has 0 fully saturated rings. The molecule has 8 nitrogen and oxygen atoms in total. The molecule has 1 atom stereocenters. The van der Waals surface area contributed by atoms with E-state index in [0.29, 0.717) is 43.4 Å². The largest absolute Gasteiger partial charge is 0.493 e. The quantitative estimate of drug-likeness (QED) is 0.470. The fraction of sp³-hybridized carbons (Fsp3) is 0.269. The lowest BCUT2D eigenvalue weighted by Gasteiger charge is -2.24. The van der Waals surface area contributed by atoms with Gasteiger partial charge in [-0.05, 0) is 43.2 Å². The molecule has 0 N–H and O–H groups in total. The molecule has 1 aromatic heterocycles. The van der Waals surface area contributed by atoms with E-state index in [-0.39, 0.29) is 12.2 Å². The fourth-order valence-electron chi connectivity index (χ4n) is 4.08. The second-order valence-electron chi connectivity index (χ2n) is 7.67. The van der Waals surface area contributed by atoms with E-state index in [2.05, 4.69) is 4.99 Å². The average Bonchev–Trinajstić information content (AvgIpc) is 3.17. The zero-order valence-electron chi connectivity index (χ0n) is 20.2. The van der Waals surface area contributed by atoms with Crippen molar-refractivity contribution in [2.24, 2.45) is 4.99 Å². The van der Waals surface area contributed by atoms with Crippen molar-refractivity contribution in [1.29, 1.82) is 0 Å². The highest BCUT2D eigenvalue weighted by Gasteiger charge is 2.33. The van der Waals surface area contributed by atoms with Gasteiger partial charge in [0.15, 0.2) is 16.3 Å². The molecule has 0 bridgehead atoms. The molecular formula is C26H26N2O6S. The maximum atomic E-state index is 13.7. The van der Waals surface area contributed by atoms with Gasteiger partial charge in [-0.3, -0.25) is 9.36 Å². The number of aromatic nitrogens is 1. The van der Waals surface area contributed by atoms with Crippen LogP contribution >= 0.6 is 11.3 Å². The first-order valence-electron chi connectivity index (χ1n) is 11.0. The number of thiazole rings is 1. The van der Waals surface area contributed by atoms with Crippen molar-refractivity contribution >= 4 is 23.4 Å². The molecule has 0 saturated carbocycles. The van der Waals surface area contributed by atoms with Gasteiger partial charge in [-0.25, -0.2) is 9.79 Å². The number of carbonyl (C=O) groups is 1. The number of hydrogen-bond acceptors (Lipinski definition) is 8. The van der Waals surface area contributed by atoms with Crippen LogP contribution in [-0.2, 0) is 9.53 Å². The number of ether oxygens (including phenoxy) is 4. The molecule has 2 aromatic carbocycles. The van der Waals surface area contributed by atoms with E-state index < -0.39 is 12.0 Å². The Balaban J connectivity index is 1.94. The minimum atomic E-state index is -0.645. The Kier molecular flexibility index (Phi) is 7.07. The van der Waals surface area contributed by atoms with Crippen molar-refractivity contribution in [3.05, 3.63) is 84.5 Å². The normalized spacial score (nSPS) is 15.3. The van der Waals surface area contributed by atoms with Crippen LogP contribution < -0.4 is 29.1 Å². The maximum absolute atomic E-state index is 13.7. The minimum absolute atomic E-state index is 0.225. The molecule has 0 radical (unpaired) electrons. The van der Waals surface area contributed by atoms with E-state index >= 15 is 0 Å². The molecule has 0 saturated heterocycles. The van der Waals surface area contributed by atoms with Crippen molar-refractivity contribution in [2.45, 2.75) is 19.9 Å². The number of benzene rings is 2. The number of allylic oxidation sites excluding steroid dienone is 1. The van der Waals surface area contributed by atoms with Crippen LogP contribution in [0.5, 0.6) is 17.2 Å². The predicted octanol–water partition coefficient (Wildman–Crippen LogP) is 2.82. The molecule has 4 rings (SSSR count). The smallest absolute Gasteiger partial charge is 0.338 e. The van der Waals surface area contributed by atoms with Crippen LogP contribution in [0.4, 0.5) is 0 Å². The average molecular weight is 495 g/mol. The third kappa shape index (κ3) is 4.46. The van der Waals surface area contributed by atoms with Crippen molar-refractivity contribution in [1.82, 2.24) is 4.57 Å². The summed E-state index contributed by atoms with van der Waals surface area (Å²) >= 11 is 1.25. The van der Waals surface area contributed by atoms with E-state index in [1.54, 1.807) is 36.6 Å². The van der Waals surface area contributed by atoms with Crippen LogP contribution in [0.3, 0.4) is 0 Å². The van der Waals surface area contributed by atoms with Crippen LogP contribution in [-0.4, -0.2) is 38.5 Å². The Morgan fingerprint density at radius 1 is 1.09 bits per heavy atom. The molecular weight excluding hydrogens is 468 g/mol. The highest BCUT2D eigenvalue weighted by Crippen LogP contribution is 2.38. The number of rotatable bonds is 7. The minimum Gasteiger partial charge on any atom is -0.493 e. The molecule has 0 aliphatic carbocycles. The van der Waals surface area contributed by atoms with Crippen LogP contribution in [0.1, 0.15) is 31.0 Å².